The van der Waals surface area contributed by atoms with Gasteiger partial charge in [-0.1, -0.05) is 11.6 Å². The van der Waals surface area contributed by atoms with Crippen LogP contribution in [0.3, 0.4) is 0 Å². The number of benzene rings is 1. The van der Waals surface area contributed by atoms with Crippen LogP contribution in [0.5, 0.6) is 0 Å². The highest BCUT2D eigenvalue weighted by molar-refractivity contribution is 6.31. The van der Waals surface area contributed by atoms with Gasteiger partial charge in [0.2, 0.25) is 0 Å². The van der Waals surface area contributed by atoms with Crippen molar-refractivity contribution in [1.82, 2.24) is 0 Å². The van der Waals surface area contributed by atoms with Crippen molar-refractivity contribution < 1.29 is 4.79 Å². The number of Topliss-reactive ketones (excluding diaryl/α,β-unsaturated/α-hetero) is 1. The van der Waals surface area contributed by atoms with Gasteiger partial charge in [-0.15, -0.1) is 0 Å². The van der Waals surface area contributed by atoms with Crippen molar-refractivity contribution >= 4 is 23.1 Å². The molecule has 0 bridgehead atoms. The van der Waals surface area contributed by atoms with E-state index in [1.54, 1.807) is 18.2 Å². The molecule has 0 saturated carbocycles. The lowest BCUT2D eigenvalue weighted by Gasteiger charge is -2.15. The number of anilines is 1. The fourth-order valence-corrected chi connectivity index (χ4v) is 1.34. The van der Waals surface area contributed by atoms with Crippen molar-refractivity contribution in [2.24, 2.45) is 0 Å². The van der Waals surface area contributed by atoms with Gasteiger partial charge >= 0.3 is 0 Å². The van der Waals surface area contributed by atoms with Crippen molar-refractivity contribution in [2.75, 3.05) is 5.32 Å². The standard InChI is InChI=1S/C9H6ClNO/c10-6-1-2-8-7(5-6)9(12)3-4-11-8/h1-2,5,11H,3H2. The lowest BCUT2D eigenvalue weighted by atomic mass is 10.0. The zero-order chi connectivity index (χ0) is 8.55. The van der Waals surface area contributed by atoms with Gasteiger partial charge in [-0.3, -0.25) is 4.79 Å². The largest absolute Gasteiger partial charge is 0.374 e. The molecule has 1 aliphatic heterocycles. The van der Waals surface area contributed by atoms with Crippen LogP contribution in [0.25, 0.3) is 0 Å². The zero-order valence-corrected chi connectivity index (χ0v) is 6.98. The van der Waals surface area contributed by atoms with Crippen LogP contribution in [0.2, 0.25) is 5.02 Å². The third-order valence-electron chi connectivity index (χ3n) is 1.75. The maximum absolute atomic E-state index is 11.3. The molecule has 0 fully saturated rings. The molecule has 12 heavy (non-hydrogen) atoms. The summed E-state index contributed by atoms with van der Waals surface area (Å²) in [6.07, 6.45) is 0.313. The third kappa shape index (κ3) is 1.18. The van der Waals surface area contributed by atoms with E-state index >= 15 is 0 Å². The zero-order valence-electron chi connectivity index (χ0n) is 6.23. The Bertz CT molecular complexity index is 335. The molecule has 2 radical (unpaired) electrons. The summed E-state index contributed by atoms with van der Waals surface area (Å²) in [6.45, 7) is 2.77. The molecule has 2 nitrogen and oxygen atoms in total. The molecular formula is C9H6ClNO. The number of rotatable bonds is 0. The van der Waals surface area contributed by atoms with Crippen LogP contribution in [0.15, 0.2) is 18.2 Å². The Labute approximate surface area is 75.5 Å². The number of carbonyl (C=O) groups is 1. The molecule has 0 saturated heterocycles. The monoisotopic (exact) mass is 179 g/mol. The fraction of sp³-hybridized carbons (Fsp3) is 0.111. The number of fused-ring (bicyclic) bond motifs is 1. The summed E-state index contributed by atoms with van der Waals surface area (Å²) in [5.41, 5.74) is 1.44. The number of halogens is 1. The molecular weight excluding hydrogens is 174 g/mol. The summed E-state index contributed by atoms with van der Waals surface area (Å²) in [5, 5.41) is 3.48. The van der Waals surface area contributed by atoms with E-state index in [0.717, 1.165) is 5.69 Å². The van der Waals surface area contributed by atoms with E-state index in [0.29, 0.717) is 17.0 Å². The Hall–Kier alpha value is -1.02. The second-order valence-electron chi connectivity index (χ2n) is 2.59. The SMILES string of the molecule is O=C1C[C]Nc2ccc(Cl)cc21. The van der Waals surface area contributed by atoms with Crippen molar-refractivity contribution in [1.29, 1.82) is 0 Å². The number of ketones is 1. The number of nitrogens with one attached hydrogen (secondary N) is 1. The van der Waals surface area contributed by atoms with Crippen molar-refractivity contribution in [3.05, 3.63) is 35.3 Å². The molecule has 0 amide bonds. The fourth-order valence-electron chi connectivity index (χ4n) is 1.17. The molecule has 3 heteroatoms. The van der Waals surface area contributed by atoms with Crippen molar-refractivity contribution in [3.63, 3.8) is 0 Å². The van der Waals surface area contributed by atoms with Crippen LogP contribution in [0.4, 0.5) is 5.69 Å². The van der Waals surface area contributed by atoms with Crippen LogP contribution in [0, 0.1) is 6.54 Å². The number of carbonyl (C=O) groups excluding carboxylic acids is 1. The van der Waals surface area contributed by atoms with Gasteiger partial charge in [0, 0.05) is 22.7 Å². The Morgan fingerprint density at radius 1 is 1.50 bits per heavy atom. The van der Waals surface area contributed by atoms with E-state index in [9.17, 15) is 4.79 Å². The molecule has 2 rings (SSSR count). The second kappa shape index (κ2) is 2.79. The molecule has 1 aromatic carbocycles. The first-order valence-corrected chi connectivity index (χ1v) is 3.97. The van der Waals surface area contributed by atoms with Crippen LogP contribution < -0.4 is 5.32 Å². The molecule has 0 aliphatic carbocycles. The molecule has 1 aromatic rings. The van der Waals surface area contributed by atoms with E-state index < -0.39 is 0 Å². The smallest absolute Gasteiger partial charge is 0.167 e. The Morgan fingerprint density at radius 2 is 2.33 bits per heavy atom. The lowest BCUT2D eigenvalue weighted by Crippen LogP contribution is -2.13. The van der Waals surface area contributed by atoms with Gasteiger partial charge in [0.25, 0.3) is 0 Å². The van der Waals surface area contributed by atoms with E-state index in [1.807, 2.05) is 0 Å². The van der Waals surface area contributed by atoms with E-state index in [2.05, 4.69) is 11.9 Å². The minimum atomic E-state index is 0.0613. The highest BCUT2D eigenvalue weighted by atomic mass is 35.5. The van der Waals surface area contributed by atoms with Gasteiger partial charge in [-0.2, -0.15) is 0 Å². The molecule has 0 spiro atoms. The van der Waals surface area contributed by atoms with E-state index in [1.165, 1.54) is 0 Å². The maximum atomic E-state index is 11.3. The summed E-state index contributed by atoms with van der Waals surface area (Å²) in [4.78, 5) is 11.3. The summed E-state index contributed by atoms with van der Waals surface area (Å²) in [5.74, 6) is 0.0613. The van der Waals surface area contributed by atoms with Gasteiger partial charge in [-0.05, 0) is 18.2 Å². The summed E-state index contributed by atoms with van der Waals surface area (Å²) in [6, 6.07) is 5.20. The van der Waals surface area contributed by atoms with Gasteiger partial charge < -0.3 is 5.32 Å². The average molecular weight is 180 g/mol. The summed E-state index contributed by atoms with van der Waals surface area (Å²) in [7, 11) is 0. The molecule has 0 unspecified atom stereocenters. The Morgan fingerprint density at radius 3 is 3.17 bits per heavy atom. The predicted octanol–water partition coefficient (Wildman–Crippen LogP) is 2.38. The minimum absolute atomic E-state index is 0.0613. The quantitative estimate of drug-likeness (QED) is 0.663. The maximum Gasteiger partial charge on any atom is 0.167 e. The minimum Gasteiger partial charge on any atom is -0.374 e. The summed E-state index contributed by atoms with van der Waals surface area (Å²) >= 11 is 5.74. The average Bonchev–Trinajstić information content (AvgIpc) is 2.07. The summed E-state index contributed by atoms with van der Waals surface area (Å²) < 4.78 is 0. The molecule has 1 heterocycles. The van der Waals surface area contributed by atoms with Crippen molar-refractivity contribution in [3.8, 4) is 0 Å². The molecule has 1 aliphatic rings. The first kappa shape index (κ1) is 7.62. The van der Waals surface area contributed by atoms with E-state index in [4.69, 9.17) is 11.6 Å². The third-order valence-corrected chi connectivity index (χ3v) is 1.99. The Balaban J connectivity index is 2.54. The van der Waals surface area contributed by atoms with Gasteiger partial charge in [-0.25, -0.2) is 0 Å². The first-order valence-electron chi connectivity index (χ1n) is 3.59. The normalized spacial score (nSPS) is 15.2. The van der Waals surface area contributed by atoms with Crippen LogP contribution >= 0.6 is 11.6 Å². The molecule has 0 aromatic heterocycles. The highest BCUT2D eigenvalue weighted by Gasteiger charge is 2.16. The van der Waals surface area contributed by atoms with Crippen LogP contribution in [0.1, 0.15) is 16.8 Å². The topological polar surface area (TPSA) is 29.1 Å². The van der Waals surface area contributed by atoms with E-state index in [-0.39, 0.29) is 5.78 Å². The predicted molar refractivity (Wildman–Crippen MR) is 47.3 cm³/mol. The van der Waals surface area contributed by atoms with Crippen molar-refractivity contribution in [2.45, 2.75) is 6.42 Å². The highest BCUT2D eigenvalue weighted by Crippen LogP contribution is 2.25. The molecule has 0 atom stereocenters. The number of hydrogen-bond donors (Lipinski definition) is 1. The van der Waals surface area contributed by atoms with Crippen LogP contribution in [-0.2, 0) is 0 Å². The van der Waals surface area contributed by atoms with Crippen LogP contribution in [-0.4, -0.2) is 5.78 Å². The molecule has 1 N–H and O–H groups in total. The number of hydrogen-bond acceptors (Lipinski definition) is 2. The van der Waals surface area contributed by atoms with Gasteiger partial charge in [0.05, 0.1) is 6.54 Å². The second-order valence-corrected chi connectivity index (χ2v) is 3.03. The van der Waals surface area contributed by atoms with Gasteiger partial charge in [0.1, 0.15) is 0 Å². The first-order chi connectivity index (χ1) is 5.77. The van der Waals surface area contributed by atoms with Gasteiger partial charge in [0.15, 0.2) is 5.78 Å². The Kier molecular flexibility index (Phi) is 1.77. The lowest BCUT2D eigenvalue weighted by molar-refractivity contribution is 0.0990. The molecule has 60 valence electrons.